The van der Waals surface area contributed by atoms with Crippen LogP contribution in [0.15, 0.2) is 0 Å². The maximum absolute atomic E-state index is 10.8. The summed E-state index contributed by atoms with van der Waals surface area (Å²) in [5.74, 6) is 0. The Hall–Kier alpha value is -0.930. The number of rotatable bonds is 11. The lowest BCUT2D eigenvalue weighted by atomic mass is 9.96. The van der Waals surface area contributed by atoms with E-state index in [0.29, 0.717) is 0 Å². The van der Waals surface area contributed by atoms with Crippen molar-refractivity contribution in [3.05, 3.63) is 0 Å². The van der Waals surface area contributed by atoms with Gasteiger partial charge < -0.3 is 79.9 Å². The van der Waals surface area contributed by atoms with Crippen LogP contribution in [-0.4, -0.2) is 168 Å². The molecule has 34 heavy (non-hydrogen) atoms. The van der Waals surface area contributed by atoms with Crippen molar-refractivity contribution in [2.45, 2.75) is 85.8 Å². The fourth-order valence-electron chi connectivity index (χ4n) is 3.59. The van der Waals surface area contributed by atoms with E-state index in [9.17, 15) is 61.0 Å². The van der Waals surface area contributed by atoms with Crippen LogP contribution in [0.3, 0.4) is 0 Å². The Morgan fingerprint density at radius 1 is 0.765 bits per heavy atom. The number of aldehydes is 1. The molecule has 0 aliphatic carbocycles. The summed E-state index contributed by atoms with van der Waals surface area (Å²) in [4.78, 5) is 10.8. The first kappa shape index (κ1) is 29.3. The predicted molar refractivity (Wildman–Crippen MR) is 102 cm³/mol. The van der Waals surface area contributed by atoms with Crippen molar-refractivity contribution in [3.63, 3.8) is 0 Å². The summed E-state index contributed by atoms with van der Waals surface area (Å²) >= 11 is 0. The highest BCUT2D eigenvalue weighted by atomic mass is 16.7. The molecule has 0 saturated carbocycles. The Balaban J connectivity index is 2.25. The highest BCUT2D eigenvalue weighted by molar-refractivity contribution is 5.56. The van der Waals surface area contributed by atoms with Crippen molar-refractivity contribution in [3.8, 4) is 0 Å². The molecule has 0 amide bonds. The molecule has 2 heterocycles. The van der Waals surface area contributed by atoms with E-state index >= 15 is 0 Å². The van der Waals surface area contributed by atoms with Crippen LogP contribution in [0.4, 0.5) is 0 Å². The highest BCUT2D eigenvalue weighted by Gasteiger charge is 2.52. The van der Waals surface area contributed by atoms with E-state index in [-0.39, 0.29) is 6.29 Å². The molecule has 2 rings (SSSR count). The normalized spacial score (nSPS) is 42.6. The molecule has 0 aromatic rings. The molecule has 2 fully saturated rings. The van der Waals surface area contributed by atoms with Gasteiger partial charge >= 0.3 is 0 Å². The van der Waals surface area contributed by atoms with Crippen molar-refractivity contribution in [1.82, 2.24) is 0 Å². The third kappa shape index (κ3) is 6.25. The number of carbonyl (C=O) groups is 1. The van der Waals surface area contributed by atoms with E-state index in [2.05, 4.69) is 0 Å². The Morgan fingerprint density at radius 2 is 1.32 bits per heavy atom. The Labute approximate surface area is 192 Å². The van der Waals surface area contributed by atoms with Crippen molar-refractivity contribution in [2.24, 2.45) is 0 Å². The van der Waals surface area contributed by atoms with E-state index in [1.54, 1.807) is 0 Å². The average Bonchev–Trinajstić information content (AvgIpc) is 2.84. The standard InChI is InChI=1S/C18H32O16/c19-1-5(23)9(25)15(6(24)2-20)33-18-14(30)16(11(27)8(4-22)32-18)34-17-13(29)12(28)10(26)7(3-21)31-17/h1,5-18,20-30H,2-4H2. The van der Waals surface area contributed by atoms with Gasteiger partial charge in [-0.2, -0.15) is 0 Å². The van der Waals surface area contributed by atoms with Gasteiger partial charge in [0.1, 0.15) is 73.2 Å². The Bertz CT molecular complexity index is 623. The molecule has 16 heteroatoms. The van der Waals surface area contributed by atoms with E-state index < -0.39 is 106 Å². The molecule has 0 spiro atoms. The molecule has 16 nitrogen and oxygen atoms in total. The second-order valence-corrected chi connectivity index (χ2v) is 7.97. The third-order valence-electron chi connectivity index (χ3n) is 5.65. The van der Waals surface area contributed by atoms with Gasteiger partial charge in [-0.05, 0) is 0 Å². The van der Waals surface area contributed by atoms with Crippen LogP contribution in [0.25, 0.3) is 0 Å². The van der Waals surface area contributed by atoms with E-state index in [1.807, 2.05) is 0 Å². The largest absolute Gasteiger partial charge is 0.394 e. The van der Waals surface area contributed by atoms with Crippen LogP contribution in [0.5, 0.6) is 0 Å². The molecule has 200 valence electrons. The molecule has 0 bridgehead atoms. The summed E-state index contributed by atoms with van der Waals surface area (Å²) in [5, 5.41) is 109. The van der Waals surface area contributed by atoms with Gasteiger partial charge in [-0.1, -0.05) is 0 Å². The Kier molecular flexibility index (Phi) is 11.1. The number of hydrogen-bond donors (Lipinski definition) is 11. The summed E-state index contributed by atoms with van der Waals surface area (Å²) in [6.45, 7) is -2.66. The van der Waals surface area contributed by atoms with Crippen molar-refractivity contribution >= 4 is 6.29 Å². The lowest BCUT2D eigenvalue weighted by Gasteiger charge is -2.46. The smallest absolute Gasteiger partial charge is 0.187 e. The van der Waals surface area contributed by atoms with Gasteiger partial charge in [-0.25, -0.2) is 0 Å². The number of ether oxygens (including phenoxy) is 4. The van der Waals surface area contributed by atoms with Crippen LogP contribution in [-0.2, 0) is 23.7 Å². The molecule has 14 unspecified atom stereocenters. The summed E-state index contributed by atoms with van der Waals surface area (Å²) in [5.41, 5.74) is 0. The zero-order chi connectivity index (χ0) is 25.7. The van der Waals surface area contributed by atoms with Crippen LogP contribution in [0, 0.1) is 0 Å². The first-order valence-electron chi connectivity index (χ1n) is 10.4. The zero-order valence-electron chi connectivity index (χ0n) is 17.7. The topological polar surface area (TPSA) is 277 Å². The SMILES string of the molecule is O=CC(O)C(O)C(OC1OC(CO)C(O)C(OC2OC(CO)C(O)C(O)C2O)C1O)C(O)CO. The molecule has 2 saturated heterocycles. The monoisotopic (exact) mass is 504 g/mol. The molecule has 2 aliphatic rings. The molecule has 0 radical (unpaired) electrons. The Morgan fingerprint density at radius 3 is 1.85 bits per heavy atom. The van der Waals surface area contributed by atoms with Gasteiger partial charge in [0, 0.05) is 0 Å². The zero-order valence-corrected chi connectivity index (χ0v) is 17.7. The molecular weight excluding hydrogens is 472 g/mol. The van der Waals surface area contributed by atoms with Crippen LogP contribution in [0.1, 0.15) is 0 Å². The van der Waals surface area contributed by atoms with Gasteiger partial charge in [0.05, 0.1) is 19.8 Å². The minimum Gasteiger partial charge on any atom is -0.394 e. The van der Waals surface area contributed by atoms with E-state index in [4.69, 9.17) is 18.9 Å². The first-order valence-corrected chi connectivity index (χ1v) is 10.4. The summed E-state index contributed by atoms with van der Waals surface area (Å²) in [7, 11) is 0. The lowest BCUT2D eigenvalue weighted by molar-refractivity contribution is -0.368. The highest BCUT2D eigenvalue weighted by Crippen LogP contribution is 2.30. The van der Waals surface area contributed by atoms with Gasteiger partial charge in [0.2, 0.25) is 0 Å². The molecule has 0 aromatic heterocycles. The predicted octanol–water partition coefficient (Wildman–Crippen LogP) is -7.73. The van der Waals surface area contributed by atoms with Crippen molar-refractivity contribution < 1.29 is 79.9 Å². The second-order valence-electron chi connectivity index (χ2n) is 7.97. The maximum Gasteiger partial charge on any atom is 0.187 e. The lowest BCUT2D eigenvalue weighted by Crippen LogP contribution is -2.65. The maximum atomic E-state index is 10.8. The molecular formula is C18H32O16. The minimum absolute atomic E-state index is 0.0748. The van der Waals surface area contributed by atoms with E-state index in [0.717, 1.165) is 0 Å². The number of aliphatic hydroxyl groups is 11. The number of aliphatic hydroxyl groups excluding tert-OH is 11. The van der Waals surface area contributed by atoms with Gasteiger partial charge in [-0.15, -0.1) is 0 Å². The molecule has 11 N–H and O–H groups in total. The third-order valence-corrected chi connectivity index (χ3v) is 5.65. The van der Waals surface area contributed by atoms with Gasteiger partial charge in [0.25, 0.3) is 0 Å². The second kappa shape index (κ2) is 12.9. The summed E-state index contributed by atoms with van der Waals surface area (Å²) in [6.07, 6.45) is -25.6. The summed E-state index contributed by atoms with van der Waals surface area (Å²) < 4.78 is 21.0. The number of carbonyl (C=O) groups excluding carboxylic acids is 1. The van der Waals surface area contributed by atoms with Crippen molar-refractivity contribution in [1.29, 1.82) is 0 Å². The van der Waals surface area contributed by atoms with Crippen molar-refractivity contribution in [2.75, 3.05) is 19.8 Å². The first-order chi connectivity index (χ1) is 16.0. The van der Waals surface area contributed by atoms with Crippen LogP contribution < -0.4 is 0 Å². The van der Waals surface area contributed by atoms with Crippen LogP contribution >= 0.6 is 0 Å². The fraction of sp³-hybridized carbons (Fsp3) is 0.944. The van der Waals surface area contributed by atoms with Gasteiger partial charge in [-0.3, -0.25) is 0 Å². The molecule has 2 aliphatic heterocycles. The van der Waals surface area contributed by atoms with E-state index in [1.165, 1.54) is 0 Å². The van der Waals surface area contributed by atoms with Crippen LogP contribution in [0.2, 0.25) is 0 Å². The summed E-state index contributed by atoms with van der Waals surface area (Å²) in [6, 6.07) is 0. The number of hydrogen-bond acceptors (Lipinski definition) is 16. The molecule has 14 atom stereocenters. The molecule has 0 aromatic carbocycles. The minimum atomic E-state index is -2.10. The quantitative estimate of drug-likeness (QED) is 0.117. The fourth-order valence-corrected chi connectivity index (χ4v) is 3.59. The van der Waals surface area contributed by atoms with Gasteiger partial charge in [0.15, 0.2) is 18.9 Å². The average molecular weight is 504 g/mol.